The van der Waals surface area contributed by atoms with Crippen LogP contribution in [0.2, 0.25) is 0 Å². The number of hydrogen-bond donors (Lipinski definition) is 1. The molecule has 0 atom stereocenters. The summed E-state index contributed by atoms with van der Waals surface area (Å²) in [6, 6.07) is 8.27. The number of aryl methyl sites for hydroxylation is 2. The van der Waals surface area contributed by atoms with Gasteiger partial charge in [0, 0.05) is 4.88 Å². The summed E-state index contributed by atoms with van der Waals surface area (Å²) >= 11 is 1.71. The molecule has 0 fully saturated rings. The van der Waals surface area contributed by atoms with E-state index in [0.29, 0.717) is 12.6 Å². The fourth-order valence-electron chi connectivity index (χ4n) is 1.84. The number of para-hydroxylation sites is 2. The molecule has 5 heteroatoms. The highest BCUT2D eigenvalue weighted by molar-refractivity contribution is 7.11. The van der Waals surface area contributed by atoms with Gasteiger partial charge in [-0.25, -0.2) is 4.98 Å². The van der Waals surface area contributed by atoms with E-state index < -0.39 is 0 Å². The first-order chi connectivity index (χ1) is 8.72. The van der Waals surface area contributed by atoms with Gasteiger partial charge in [0.2, 0.25) is 0 Å². The number of nitrogens with one attached hydrogen (secondary N) is 1. The summed E-state index contributed by atoms with van der Waals surface area (Å²) in [5, 5.41) is 4.26. The van der Waals surface area contributed by atoms with Crippen molar-refractivity contribution in [3.8, 4) is 0 Å². The molecule has 1 aromatic carbocycles. The second-order valence-corrected chi connectivity index (χ2v) is 5.48. The Morgan fingerprint density at radius 3 is 2.78 bits per heavy atom. The number of aromatic nitrogens is 2. The van der Waals surface area contributed by atoms with Crippen molar-refractivity contribution in [3.05, 3.63) is 39.8 Å². The molecule has 0 unspecified atom stereocenters. The number of rotatable bonds is 3. The van der Waals surface area contributed by atoms with E-state index in [4.69, 9.17) is 4.42 Å². The van der Waals surface area contributed by atoms with Crippen LogP contribution < -0.4 is 5.32 Å². The summed E-state index contributed by atoms with van der Waals surface area (Å²) in [6.45, 7) is 4.73. The van der Waals surface area contributed by atoms with Crippen LogP contribution in [0.3, 0.4) is 0 Å². The van der Waals surface area contributed by atoms with Crippen molar-refractivity contribution in [2.75, 3.05) is 5.32 Å². The Bertz CT molecular complexity index is 653. The van der Waals surface area contributed by atoms with Crippen molar-refractivity contribution in [1.29, 1.82) is 0 Å². The van der Waals surface area contributed by atoms with E-state index in [9.17, 15) is 0 Å². The molecule has 2 aromatic heterocycles. The molecule has 0 amide bonds. The van der Waals surface area contributed by atoms with E-state index in [1.165, 1.54) is 4.88 Å². The van der Waals surface area contributed by atoms with Gasteiger partial charge in [-0.1, -0.05) is 12.1 Å². The second-order valence-electron chi connectivity index (χ2n) is 4.08. The maximum absolute atomic E-state index is 5.59. The van der Waals surface area contributed by atoms with Crippen molar-refractivity contribution < 1.29 is 4.42 Å². The molecule has 3 aromatic rings. The Morgan fingerprint density at radius 2 is 2.06 bits per heavy atom. The summed E-state index contributed by atoms with van der Waals surface area (Å²) < 4.78 is 5.59. The Kier molecular flexibility index (Phi) is 2.76. The lowest BCUT2D eigenvalue weighted by Crippen LogP contribution is -2.01. The molecule has 3 rings (SSSR count). The molecule has 18 heavy (non-hydrogen) atoms. The van der Waals surface area contributed by atoms with Crippen LogP contribution in [-0.4, -0.2) is 9.97 Å². The normalized spacial score (nSPS) is 11.0. The predicted octanol–water partition coefficient (Wildman–Crippen LogP) is 3.51. The molecule has 0 aliphatic heterocycles. The SMILES string of the molecule is Cc1nc(CNc2nc3ccccc3o2)c(C)s1. The van der Waals surface area contributed by atoms with Gasteiger partial charge in [-0.15, -0.1) is 11.3 Å². The molecule has 0 aliphatic rings. The number of nitrogens with zero attached hydrogens (tertiary/aromatic N) is 2. The van der Waals surface area contributed by atoms with Crippen molar-refractivity contribution in [3.63, 3.8) is 0 Å². The minimum absolute atomic E-state index is 0.543. The van der Waals surface area contributed by atoms with Crippen LogP contribution in [-0.2, 0) is 6.54 Å². The van der Waals surface area contributed by atoms with Crippen LogP contribution in [0.4, 0.5) is 6.01 Å². The van der Waals surface area contributed by atoms with E-state index >= 15 is 0 Å². The van der Waals surface area contributed by atoms with Crippen molar-refractivity contribution in [1.82, 2.24) is 9.97 Å². The number of anilines is 1. The van der Waals surface area contributed by atoms with Crippen LogP contribution in [0.15, 0.2) is 28.7 Å². The molecule has 0 bridgehead atoms. The maximum atomic E-state index is 5.59. The fraction of sp³-hybridized carbons (Fsp3) is 0.231. The zero-order valence-electron chi connectivity index (χ0n) is 10.2. The van der Waals surface area contributed by atoms with E-state index in [2.05, 4.69) is 22.2 Å². The number of hydrogen-bond acceptors (Lipinski definition) is 5. The molecule has 0 saturated carbocycles. The molecule has 92 valence electrons. The van der Waals surface area contributed by atoms with Gasteiger partial charge < -0.3 is 9.73 Å². The third-order valence-electron chi connectivity index (χ3n) is 2.70. The molecular formula is C13H13N3OS. The van der Waals surface area contributed by atoms with Crippen LogP contribution >= 0.6 is 11.3 Å². The number of thiazole rings is 1. The summed E-state index contributed by atoms with van der Waals surface area (Å²) in [4.78, 5) is 10.1. The number of fused-ring (bicyclic) bond motifs is 1. The largest absolute Gasteiger partial charge is 0.424 e. The first-order valence-corrected chi connectivity index (χ1v) is 6.56. The summed E-state index contributed by atoms with van der Waals surface area (Å²) in [6.07, 6.45) is 0. The third kappa shape index (κ3) is 2.09. The van der Waals surface area contributed by atoms with Gasteiger partial charge in [0.15, 0.2) is 5.58 Å². The van der Waals surface area contributed by atoms with Gasteiger partial charge in [-0.05, 0) is 26.0 Å². The molecule has 0 aliphatic carbocycles. The lowest BCUT2D eigenvalue weighted by Gasteiger charge is -1.98. The van der Waals surface area contributed by atoms with Gasteiger partial charge in [-0.3, -0.25) is 0 Å². The average Bonchev–Trinajstić information content (AvgIpc) is 2.89. The van der Waals surface area contributed by atoms with Crippen LogP contribution in [0, 0.1) is 13.8 Å². The number of oxazole rings is 1. The van der Waals surface area contributed by atoms with Gasteiger partial charge in [0.05, 0.1) is 17.2 Å². The molecule has 0 saturated heterocycles. The van der Waals surface area contributed by atoms with Crippen molar-refractivity contribution in [2.24, 2.45) is 0 Å². The standard InChI is InChI=1S/C13H13N3OS/c1-8-11(15-9(2)18-8)7-14-13-16-10-5-3-4-6-12(10)17-13/h3-6H,7H2,1-2H3,(H,14,16). The minimum Gasteiger partial charge on any atom is -0.424 e. The molecule has 1 N–H and O–H groups in total. The van der Waals surface area contributed by atoms with Crippen molar-refractivity contribution in [2.45, 2.75) is 20.4 Å². The zero-order valence-corrected chi connectivity index (χ0v) is 11.0. The van der Waals surface area contributed by atoms with E-state index in [1.807, 2.05) is 31.2 Å². The lowest BCUT2D eigenvalue weighted by molar-refractivity contribution is 0.613. The van der Waals surface area contributed by atoms with E-state index in [0.717, 1.165) is 21.8 Å². The number of benzene rings is 1. The summed E-state index contributed by atoms with van der Waals surface area (Å²) in [7, 11) is 0. The zero-order chi connectivity index (χ0) is 12.5. The molecule has 4 nitrogen and oxygen atoms in total. The summed E-state index contributed by atoms with van der Waals surface area (Å²) in [5.74, 6) is 0. The molecule has 0 radical (unpaired) electrons. The highest BCUT2D eigenvalue weighted by atomic mass is 32.1. The predicted molar refractivity (Wildman–Crippen MR) is 72.9 cm³/mol. The Balaban J connectivity index is 1.78. The monoisotopic (exact) mass is 259 g/mol. The Labute approximate surface area is 109 Å². The Hall–Kier alpha value is -1.88. The van der Waals surface area contributed by atoms with E-state index in [-0.39, 0.29) is 0 Å². The average molecular weight is 259 g/mol. The minimum atomic E-state index is 0.543. The molecule has 2 heterocycles. The maximum Gasteiger partial charge on any atom is 0.296 e. The fourth-order valence-corrected chi connectivity index (χ4v) is 2.68. The highest BCUT2D eigenvalue weighted by Crippen LogP contribution is 2.20. The molecular weight excluding hydrogens is 246 g/mol. The van der Waals surface area contributed by atoms with Gasteiger partial charge in [0.25, 0.3) is 6.01 Å². The first-order valence-electron chi connectivity index (χ1n) is 5.75. The lowest BCUT2D eigenvalue weighted by atomic mass is 10.3. The first kappa shape index (κ1) is 11.2. The summed E-state index contributed by atoms with van der Waals surface area (Å²) in [5.41, 5.74) is 2.72. The van der Waals surface area contributed by atoms with Crippen LogP contribution in [0.5, 0.6) is 0 Å². The van der Waals surface area contributed by atoms with Gasteiger partial charge in [0.1, 0.15) is 5.52 Å². The third-order valence-corrected chi connectivity index (χ3v) is 3.63. The smallest absolute Gasteiger partial charge is 0.296 e. The second kappa shape index (κ2) is 4.42. The van der Waals surface area contributed by atoms with E-state index in [1.54, 1.807) is 11.3 Å². The van der Waals surface area contributed by atoms with Crippen LogP contribution in [0.1, 0.15) is 15.6 Å². The van der Waals surface area contributed by atoms with Crippen LogP contribution in [0.25, 0.3) is 11.1 Å². The van der Waals surface area contributed by atoms with Gasteiger partial charge in [-0.2, -0.15) is 4.98 Å². The van der Waals surface area contributed by atoms with Gasteiger partial charge >= 0.3 is 0 Å². The Morgan fingerprint density at radius 1 is 1.22 bits per heavy atom. The topological polar surface area (TPSA) is 51.0 Å². The molecule has 0 spiro atoms. The van der Waals surface area contributed by atoms with Crippen molar-refractivity contribution >= 4 is 28.5 Å². The quantitative estimate of drug-likeness (QED) is 0.782. The highest BCUT2D eigenvalue weighted by Gasteiger charge is 2.07.